The molecule has 32 heavy (non-hydrogen) atoms. The maximum Gasteiger partial charge on any atom is 0.259 e. The van der Waals surface area contributed by atoms with Crippen molar-refractivity contribution >= 4 is 5.91 Å². The summed E-state index contributed by atoms with van der Waals surface area (Å²) < 4.78 is 29.9. The molecule has 2 aromatic carbocycles. The lowest BCUT2D eigenvalue weighted by Crippen LogP contribution is -2.58. The van der Waals surface area contributed by atoms with Gasteiger partial charge in [-0.1, -0.05) is 12.1 Å². The lowest BCUT2D eigenvalue weighted by Gasteiger charge is -2.38. The molecule has 0 aliphatic carbocycles. The summed E-state index contributed by atoms with van der Waals surface area (Å²) in [5, 5.41) is 42.4. The first kappa shape index (κ1) is 23.7. The fraction of sp³-hybridized carbons (Fsp3) is 0.409. The van der Waals surface area contributed by atoms with Crippen LogP contribution in [-0.4, -0.2) is 70.8 Å². The molecule has 4 unspecified atom stereocenters. The second-order valence-corrected chi connectivity index (χ2v) is 7.46. The highest BCUT2D eigenvalue weighted by Crippen LogP contribution is 2.33. The van der Waals surface area contributed by atoms with Gasteiger partial charge in [0.05, 0.1) is 13.7 Å². The topological polar surface area (TPSA) is 138 Å². The van der Waals surface area contributed by atoms with E-state index in [9.17, 15) is 29.6 Å². The molecule has 174 valence electrons. The fourth-order valence-corrected chi connectivity index (χ4v) is 3.33. The molecule has 0 saturated carbocycles. The van der Waals surface area contributed by atoms with Crippen molar-refractivity contribution in [2.75, 3.05) is 13.7 Å². The summed E-state index contributed by atoms with van der Waals surface area (Å²) in [6.07, 6.45) is -8.68. The highest BCUT2D eigenvalue weighted by Gasteiger charge is 2.46. The van der Waals surface area contributed by atoms with Crippen LogP contribution in [0.4, 0.5) is 4.39 Å². The standard InChI is InChI=1S/C22H26FNO8/c1-11-7-14(26)17(21(29)24-9-12-3-5-13(30-2)6-4-12)15(8-11)31-22-20(28)19(27)18(23)16(10-25)32-22/h3-8,16,18-20,22,25-28H,9-10H2,1-2H3,(H,24,29)/t16?,18?,19?,20-,22?/m0/s1. The minimum Gasteiger partial charge on any atom is -0.507 e. The monoisotopic (exact) mass is 451 g/mol. The second-order valence-electron chi connectivity index (χ2n) is 7.46. The number of alkyl halides is 1. The number of carbonyl (C=O) groups is 1. The van der Waals surface area contributed by atoms with Crippen molar-refractivity contribution in [3.63, 3.8) is 0 Å². The van der Waals surface area contributed by atoms with Crippen LogP contribution in [0.15, 0.2) is 36.4 Å². The molecule has 1 aliphatic heterocycles. The normalized spacial score (nSPS) is 25.2. The number of phenols is 1. The first-order valence-corrected chi connectivity index (χ1v) is 9.93. The van der Waals surface area contributed by atoms with Gasteiger partial charge in [0.2, 0.25) is 6.29 Å². The predicted molar refractivity (Wildman–Crippen MR) is 110 cm³/mol. The van der Waals surface area contributed by atoms with Gasteiger partial charge < -0.3 is 40.0 Å². The lowest BCUT2D eigenvalue weighted by atomic mass is 10.0. The van der Waals surface area contributed by atoms with Crippen molar-refractivity contribution in [1.29, 1.82) is 0 Å². The van der Waals surface area contributed by atoms with E-state index in [1.54, 1.807) is 38.3 Å². The number of ether oxygens (including phenoxy) is 3. The van der Waals surface area contributed by atoms with Crippen LogP contribution in [0.2, 0.25) is 0 Å². The molecule has 0 spiro atoms. The van der Waals surface area contributed by atoms with Gasteiger partial charge in [0.1, 0.15) is 41.1 Å². The maximum atomic E-state index is 14.0. The van der Waals surface area contributed by atoms with Gasteiger partial charge in [-0.3, -0.25) is 4.79 Å². The average Bonchev–Trinajstić information content (AvgIpc) is 2.77. The molecule has 1 fully saturated rings. The SMILES string of the molecule is COc1ccc(CNC(=O)c2c(O)cc(C)cc2OC2OC(CO)C(F)C(O)[C@@H]2O)cc1. The second kappa shape index (κ2) is 10.1. The van der Waals surface area contributed by atoms with Crippen molar-refractivity contribution in [2.45, 2.75) is 44.2 Å². The van der Waals surface area contributed by atoms with E-state index in [1.807, 2.05) is 0 Å². The molecule has 3 rings (SSSR count). The first-order valence-electron chi connectivity index (χ1n) is 9.93. The third-order valence-corrected chi connectivity index (χ3v) is 5.11. The Balaban J connectivity index is 1.80. The van der Waals surface area contributed by atoms with Crippen LogP contribution in [0.1, 0.15) is 21.5 Å². The maximum absolute atomic E-state index is 14.0. The molecule has 0 aromatic heterocycles. The van der Waals surface area contributed by atoms with Crippen LogP contribution >= 0.6 is 0 Å². The Labute approximate surface area is 184 Å². The van der Waals surface area contributed by atoms with Gasteiger partial charge in [0.25, 0.3) is 5.91 Å². The summed E-state index contributed by atoms with van der Waals surface area (Å²) in [4.78, 5) is 12.8. The third kappa shape index (κ3) is 5.10. The Morgan fingerprint density at radius 3 is 2.50 bits per heavy atom. The van der Waals surface area contributed by atoms with Crippen LogP contribution in [0.3, 0.4) is 0 Å². The zero-order chi connectivity index (χ0) is 23.4. The number of aromatic hydroxyl groups is 1. The van der Waals surface area contributed by atoms with E-state index >= 15 is 0 Å². The molecular formula is C22H26FNO8. The minimum absolute atomic E-state index is 0.139. The molecule has 1 heterocycles. The molecule has 5 N–H and O–H groups in total. The Kier molecular flexibility index (Phi) is 7.52. The van der Waals surface area contributed by atoms with E-state index in [1.165, 1.54) is 12.1 Å². The zero-order valence-corrected chi connectivity index (χ0v) is 17.6. The van der Waals surface area contributed by atoms with E-state index in [0.29, 0.717) is 11.3 Å². The Hall–Kier alpha value is -2.92. The molecule has 5 atom stereocenters. The van der Waals surface area contributed by atoms with Crippen LogP contribution in [0.5, 0.6) is 17.2 Å². The van der Waals surface area contributed by atoms with Crippen LogP contribution in [0, 0.1) is 6.92 Å². The van der Waals surface area contributed by atoms with Gasteiger partial charge in [0.15, 0.2) is 6.17 Å². The number of amides is 1. The van der Waals surface area contributed by atoms with Crippen molar-refractivity contribution < 1.29 is 43.8 Å². The van der Waals surface area contributed by atoms with Crippen LogP contribution in [0.25, 0.3) is 0 Å². The molecule has 0 bridgehead atoms. The molecular weight excluding hydrogens is 425 g/mol. The summed E-state index contributed by atoms with van der Waals surface area (Å²) in [5.74, 6) is -0.516. The molecule has 1 saturated heterocycles. The van der Waals surface area contributed by atoms with Crippen molar-refractivity contribution in [3.05, 3.63) is 53.1 Å². The molecule has 0 radical (unpaired) electrons. The lowest BCUT2D eigenvalue weighted by molar-refractivity contribution is -0.265. The van der Waals surface area contributed by atoms with Gasteiger partial charge in [-0.15, -0.1) is 0 Å². The van der Waals surface area contributed by atoms with Crippen molar-refractivity contribution in [2.24, 2.45) is 0 Å². The predicted octanol–water partition coefficient (Wildman–Crippen LogP) is 0.795. The Morgan fingerprint density at radius 1 is 1.19 bits per heavy atom. The van der Waals surface area contributed by atoms with E-state index in [4.69, 9.17) is 14.2 Å². The highest BCUT2D eigenvalue weighted by atomic mass is 19.1. The number of nitrogens with one attached hydrogen (secondary N) is 1. The van der Waals surface area contributed by atoms with Gasteiger partial charge >= 0.3 is 0 Å². The summed E-state index contributed by atoms with van der Waals surface area (Å²) in [5.41, 5.74) is 1.09. The number of halogens is 1. The van der Waals surface area contributed by atoms with E-state index < -0.39 is 43.3 Å². The number of carbonyl (C=O) groups excluding carboxylic acids is 1. The number of methoxy groups -OCH3 is 1. The first-order chi connectivity index (χ1) is 15.2. The van der Waals surface area contributed by atoms with Crippen LogP contribution < -0.4 is 14.8 Å². The van der Waals surface area contributed by atoms with E-state index in [2.05, 4.69) is 5.32 Å². The van der Waals surface area contributed by atoms with Crippen molar-refractivity contribution in [1.82, 2.24) is 5.32 Å². The Morgan fingerprint density at radius 2 is 1.88 bits per heavy atom. The number of aryl methyl sites for hydroxylation is 1. The van der Waals surface area contributed by atoms with Gasteiger partial charge in [-0.25, -0.2) is 4.39 Å². The third-order valence-electron chi connectivity index (χ3n) is 5.11. The molecule has 1 aliphatic rings. The molecule has 10 heteroatoms. The summed E-state index contributed by atoms with van der Waals surface area (Å²) in [6.45, 7) is 1.04. The quantitative estimate of drug-likeness (QED) is 0.417. The number of phenolic OH excluding ortho intramolecular Hbond substituents is 1. The van der Waals surface area contributed by atoms with E-state index in [-0.39, 0.29) is 23.6 Å². The van der Waals surface area contributed by atoms with Gasteiger partial charge in [-0.2, -0.15) is 0 Å². The summed E-state index contributed by atoms with van der Waals surface area (Å²) in [7, 11) is 1.54. The minimum atomic E-state index is -2.02. The highest BCUT2D eigenvalue weighted by molar-refractivity contribution is 5.99. The number of aliphatic hydroxyl groups is 3. The Bertz CT molecular complexity index is 936. The average molecular weight is 451 g/mol. The number of hydrogen-bond acceptors (Lipinski definition) is 8. The number of benzene rings is 2. The van der Waals surface area contributed by atoms with Crippen LogP contribution in [-0.2, 0) is 11.3 Å². The summed E-state index contributed by atoms with van der Waals surface area (Å²) >= 11 is 0. The smallest absolute Gasteiger partial charge is 0.259 e. The largest absolute Gasteiger partial charge is 0.507 e. The number of aliphatic hydroxyl groups excluding tert-OH is 3. The van der Waals surface area contributed by atoms with Crippen molar-refractivity contribution in [3.8, 4) is 17.2 Å². The molecule has 2 aromatic rings. The van der Waals surface area contributed by atoms with Gasteiger partial charge in [0, 0.05) is 6.54 Å². The number of hydrogen-bond donors (Lipinski definition) is 5. The number of rotatable bonds is 7. The molecule has 1 amide bonds. The fourth-order valence-electron chi connectivity index (χ4n) is 3.33. The summed E-state index contributed by atoms with van der Waals surface area (Å²) in [6, 6.07) is 9.80. The van der Waals surface area contributed by atoms with Gasteiger partial charge in [-0.05, 0) is 42.3 Å². The zero-order valence-electron chi connectivity index (χ0n) is 17.6. The molecule has 9 nitrogen and oxygen atoms in total. The van der Waals surface area contributed by atoms with E-state index in [0.717, 1.165) is 5.56 Å².